The fourth-order valence-corrected chi connectivity index (χ4v) is 3.28. The van der Waals surface area contributed by atoms with Crippen LogP contribution in [0.25, 0.3) is 0 Å². The molecule has 0 amide bonds. The van der Waals surface area contributed by atoms with Crippen LogP contribution >= 0.6 is 12.2 Å². The molecule has 4 N–H and O–H groups in total. The third-order valence-electron chi connectivity index (χ3n) is 3.79. The van der Waals surface area contributed by atoms with Gasteiger partial charge in [-0.3, -0.25) is 0 Å². The monoisotopic (exact) mass is 327 g/mol. The van der Waals surface area contributed by atoms with Crippen LogP contribution in [0.5, 0.6) is 0 Å². The molecule has 0 spiro atoms. The minimum atomic E-state index is -3.65. The van der Waals surface area contributed by atoms with Crippen molar-refractivity contribution in [2.45, 2.75) is 43.5 Å². The number of nitrogens with two attached hydrogens (primary N) is 1. The van der Waals surface area contributed by atoms with Gasteiger partial charge < -0.3 is 10.6 Å². The highest BCUT2D eigenvalue weighted by atomic mass is 32.2. The van der Waals surface area contributed by atoms with Gasteiger partial charge in [-0.2, -0.15) is 0 Å². The summed E-state index contributed by atoms with van der Waals surface area (Å²) >= 11 is 5.29. The van der Waals surface area contributed by atoms with Gasteiger partial charge in [0.15, 0.2) is 5.11 Å². The summed E-state index contributed by atoms with van der Waals surface area (Å²) in [5.74, 6) is 0.801. The van der Waals surface area contributed by atoms with Crippen molar-refractivity contribution in [2.75, 3.05) is 5.32 Å². The lowest BCUT2D eigenvalue weighted by Gasteiger charge is -2.28. The van der Waals surface area contributed by atoms with Gasteiger partial charge in [-0.1, -0.05) is 6.92 Å². The Hall–Kier alpha value is -1.18. The summed E-state index contributed by atoms with van der Waals surface area (Å²) in [6, 6.07) is 6.64. The van der Waals surface area contributed by atoms with Crippen LogP contribution < -0.4 is 15.8 Å². The summed E-state index contributed by atoms with van der Waals surface area (Å²) in [6.45, 7) is 2.28. The maximum absolute atomic E-state index is 11.2. The van der Waals surface area contributed by atoms with E-state index < -0.39 is 10.0 Å². The summed E-state index contributed by atoms with van der Waals surface area (Å²) in [4.78, 5) is 0.0909. The van der Waals surface area contributed by atoms with E-state index >= 15 is 0 Å². The Morgan fingerprint density at radius 3 is 2.29 bits per heavy atom. The summed E-state index contributed by atoms with van der Waals surface area (Å²) in [5, 5.41) is 12.0. The molecule has 116 valence electrons. The molecule has 0 atom stereocenters. The smallest absolute Gasteiger partial charge is 0.238 e. The van der Waals surface area contributed by atoms with Gasteiger partial charge in [0, 0.05) is 11.7 Å². The zero-order valence-electron chi connectivity index (χ0n) is 12.0. The van der Waals surface area contributed by atoms with E-state index in [0.29, 0.717) is 11.2 Å². The normalized spacial score (nSPS) is 22.6. The Morgan fingerprint density at radius 2 is 1.76 bits per heavy atom. The van der Waals surface area contributed by atoms with E-state index in [9.17, 15) is 8.42 Å². The second-order valence-corrected chi connectivity index (χ2v) is 7.59. The number of nitrogens with one attached hydrogen (secondary N) is 2. The summed E-state index contributed by atoms with van der Waals surface area (Å²) in [5.41, 5.74) is 0.740. The van der Waals surface area contributed by atoms with Crippen molar-refractivity contribution in [2.24, 2.45) is 11.1 Å². The van der Waals surface area contributed by atoms with Crippen molar-refractivity contribution in [1.82, 2.24) is 5.32 Å². The Kier molecular flexibility index (Phi) is 5.18. The Morgan fingerprint density at radius 1 is 1.19 bits per heavy atom. The molecule has 0 radical (unpaired) electrons. The number of anilines is 1. The third kappa shape index (κ3) is 4.94. The Bertz CT molecular complexity index is 591. The van der Waals surface area contributed by atoms with Crippen LogP contribution in [0.2, 0.25) is 0 Å². The lowest BCUT2D eigenvalue weighted by atomic mass is 9.87. The number of thiocarbonyl (C=S) groups is 1. The van der Waals surface area contributed by atoms with Crippen LogP contribution in [0.15, 0.2) is 29.2 Å². The molecule has 21 heavy (non-hydrogen) atoms. The van der Waals surface area contributed by atoms with Gasteiger partial charge in [-0.05, 0) is 68.1 Å². The SMILES string of the molecule is CC1CCC(NC(=S)Nc2ccc(S(N)(=O)=O)cc2)CC1. The minimum absolute atomic E-state index is 0.0909. The summed E-state index contributed by atoms with van der Waals surface area (Å²) in [6.07, 6.45) is 4.72. The van der Waals surface area contributed by atoms with Crippen LogP contribution in [-0.4, -0.2) is 19.6 Å². The van der Waals surface area contributed by atoms with Gasteiger partial charge in [-0.25, -0.2) is 13.6 Å². The summed E-state index contributed by atoms with van der Waals surface area (Å²) in [7, 11) is -3.65. The molecule has 1 aromatic rings. The van der Waals surface area contributed by atoms with Gasteiger partial charge in [0.2, 0.25) is 10.0 Å². The number of benzene rings is 1. The molecule has 7 heteroatoms. The van der Waals surface area contributed by atoms with Crippen molar-refractivity contribution < 1.29 is 8.42 Å². The topological polar surface area (TPSA) is 84.2 Å². The van der Waals surface area contributed by atoms with Gasteiger partial charge in [0.25, 0.3) is 0 Å². The van der Waals surface area contributed by atoms with E-state index in [1.807, 2.05) is 0 Å². The van der Waals surface area contributed by atoms with E-state index in [0.717, 1.165) is 24.4 Å². The second kappa shape index (κ2) is 6.72. The van der Waals surface area contributed by atoms with Crippen molar-refractivity contribution in [3.05, 3.63) is 24.3 Å². The van der Waals surface area contributed by atoms with Gasteiger partial charge in [-0.15, -0.1) is 0 Å². The molecule has 0 aromatic heterocycles. The van der Waals surface area contributed by atoms with E-state index in [-0.39, 0.29) is 4.90 Å². The van der Waals surface area contributed by atoms with Crippen LogP contribution in [0.1, 0.15) is 32.6 Å². The van der Waals surface area contributed by atoms with Gasteiger partial charge in [0.05, 0.1) is 4.90 Å². The molecule has 0 heterocycles. The maximum atomic E-state index is 11.2. The zero-order valence-corrected chi connectivity index (χ0v) is 13.6. The van der Waals surface area contributed by atoms with Crippen molar-refractivity contribution in [3.8, 4) is 0 Å². The van der Waals surface area contributed by atoms with Gasteiger partial charge >= 0.3 is 0 Å². The zero-order chi connectivity index (χ0) is 15.5. The maximum Gasteiger partial charge on any atom is 0.238 e. The first-order valence-electron chi connectivity index (χ1n) is 7.05. The highest BCUT2D eigenvalue weighted by Gasteiger charge is 2.18. The standard InChI is InChI=1S/C14H21N3O2S2/c1-10-2-4-11(5-3-10)16-14(20)17-12-6-8-13(9-7-12)21(15,18)19/h6-11H,2-5H2,1H3,(H2,15,18,19)(H2,16,17,20). The molecule has 0 saturated heterocycles. The molecule has 1 aliphatic rings. The van der Waals surface area contributed by atoms with E-state index in [4.69, 9.17) is 17.4 Å². The molecule has 1 aliphatic carbocycles. The first kappa shape index (κ1) is 16.2. The molecule has 1 aromatic carbocycles. The molecule has 1 saturated carbocycles. The highest BCUT2D eigenvalue weighted by Crippen LogP contribution is 2.23. The van der Waals surface area contributed by atoms with Crippen LogP contribution in [0.4, 0.5) is 5.69 Å². The molecule has 0 bridgehead atoms. The predicted octanol–water partition coefficient (Wildman–Crippen LogP) is 2.20. The quantitative estimate of drug-likeness (QED) is 0.741. The molecule has 1 fully saturated rings. The van der Waals surface area contributed by atoms with Crippen LogP contribution in [0.3, 0.4) is 0 Å². The lowest BCUT2D eigenvalue weighted by molar-refractivity contribution is 0.332. The van der Waals surface area contributed by atoms with E-state index in [2.05, 4.69) is 17.6 Å². The number of sulfonamides is 1. The number of hydrogen-bond acceptors (Lipinski definition) is 3. The van der Waals surface area contributed by atoms with Gasteiger partial charge in [0.1, 0.15) is 0 Å². The number of hydrogen-bond donors (Lipinski definition) is 3. The van der Waals surface area contributed by atoms with Crippen molar-refractivity contribution >= 4 is 33.0 Å². The number of primary sulfonamides is 1. The van der Waals surface area contributed by atoms with Crippen molar-refractivity contribution in [1.29, 1.82) is 0 Å². The van der Waals surface area contributed by atoms with Crippen LogP contribution in [0, 0.1) is 5.92 Å². The average Bonchev–Trinajstić information content (AvgIpc) is 2.41. The largest absolute Gasteiger partial charge is 0.360 e. The molecule has 5 nitrogen and oxygen atoms in total. The Labute approximate surface area is 131 Å². The Balaban J connectivity index is 1.88. The predicted molar refractivity (Wildman–Crippen MR) is 88.6 cm³/mol. The fourth-order valence-electron chi connectivity index (χ4n) is 2.48. The minimum Gasteiger partial charge on any atom is -0.360 e. The molecular weight excluding hydrogens is 306 g/mol. The molecule has 0 unspecified atom stereocenters. The lowest BCUT2D eigenvalue weighted by Crippen LogP contribution is -2.39. The first-order chi connectivity index (χ1) is 9.84. The van der Waals surface area contributed by atoms with Crippen molar-refractivity contribution in [3.63, 3.8) is 0 Å². The summed E-state index contributed by atoms with van der Waals surface area (Å²) < 4.78 is 22.3. The van der Waals surface area contributed by atoms with Crippen LogP contribution in [-0.2, 0) is 10.0 Å². The third-order valence-corrected chi connectivity index (χ3v) is 4.94. The second-order valence-electron chi connectivity index (χ2n) is 5.62. The van der Waals surface area contributed by atoms with E-state index in [1.165, 1.54) is 25.0 Å². The molecule has 0 aliphatic heterocycles. The fraction of sp³-hybridized carbons (Fsp3) is 0.500. The average molecular weight is 327 g/mol. The van der Waals surface area contributed by atoms with E-state index in [1.54, 1.807) is 12.1 Å². The highest BCUT2D eigenvalue weighted by molar-refractivity contribution is 7.89. The first-order valence-corrected chi connectivity index (χ1v) is 9.00. The number of rotatable bonds is 3. The molecular formula is C14H21N3O2S2. The molecule has 2 rings (SSSR count).